The van der Waals surface area contributed by atoms with Crippen LogP contribution in [-0.4, -0.2) is 5.78 Å². The number of halogens is 4. The van der Waals surface area contributed by atoms with Gasteiger partial charge < -0.3 is 0 Å². The van der Waals surface area contributed by atoms with Gasteiger partial charge in [-0.05, 0) is 59.0 Å². The predicted octanol–water partition coefficient (Wildman–Crippen LogP) is 3.94. The molecule has 0 saturated heterocycles. The van der Waals surface area contributed by atoms with E-state index in [1.165, 1.54) is 12.1 Å². The average Bonchev–Trinajstić information content (AvgIpc) is 2.36. The normalized spacial score (nSPS) is 10.4. The van der Waals surface area contributed by atoms with Crippen molar-refractivity contribution in [3.63, 3.8) is 0 Å². The maximum Gasteiger partial charge on any atom is 0.196 e. The molecule has 2 rings (SSSR count). The summed E-state index contributed by atoms with van der Waals surface area (Å²) >= 11 is 2.06. The molecule has 0 amide bonds. The summed E-state index contributed by atoms with van der Waals surface area (Å²) in [4.78, 5) is 11.9. The van der Waals surface area contributed by atoms with Gasteiger partial charge in [-0.25, -0.2) is 13.2 Å². The van der Waals surface area contributed by atoms with Gasteiger partial charge in [-0.2, -0.15) is 0 Å². The van der Waals surface area contributed by atoms with Crippen molar-refractivity contribution in [3.05, 3.63) is 68.5 Å². The molecule has 1 nitrogen and oxygen atoms in total. The first-order valence-electron chi connectivity index (χ1n) is 4.94. The largest absolute Gasteiger partial charge is 0.288 e. The van der Waals surface area contributed by atoms with Gasteiger partial charge in [0.1, 0.15) is 0 Å². The zero-order chi connectivity index (χ0) is 13.3. The van der Waals surface area contributed by atoms with Crippen LogP contribution < -0.4 is 0 Å². The van der Waals surface area contributed by atoms with Crippen LogP contribution in [0.2, 0.25) is 0 Å². The highest BCUT2D eigenvalue weighted by molar-refractivity contribution is 14.1. The van der Waals surface area contributed by atoms with Crippen molar-refractivity contribution in [2.75, 3.05) is 0 Å². The van der Waals surface area contributed by atoms with Crippen molar-refractivity contribution in [3.8, 4) is 0 Å². The van der Waals surface area contributed by atoms with Crippen molar-refractivity contribution in [2.24, 2.45) is 0 Å². The molecule has 0 spiro atoms. The van der Waals surface area contributed by atoms with Gasteiger partial charge in [0, 0.05) is 9.13 Å². The molecule has 18 heavy (non-hydrogen) atoms. The van der Waals surface area contributed by atoms with E-state index in [9.17, 15) is 18.0 Å². The third-order valence-corrected chi connectivity index (χ3v) is 3.11. The Kier molecular flexibility index (Phi) is 3.70. The molecule has 5 heteroatoms. The Morgan fingerprint density at radius 3 is 2.11 bits per heavy atom. The molecule has 0 aromatic heterocycles. The van der Waals surface area contributed by atoms with Crippen molar-refractivity contribution in [2.45, 2.75) is 0 Å². The molecule has 0 atom stereocenters. The van der Waals surface area contributed by atoms with Crippen molar-refractivity contribution in [1.82, 2.24) is 0 Å². The van der Waals surface area contributed by atoms with Crippen LogP contribution in [0.25, 0.3) is 0 Å². The third kappa shape index (κ3) is 2.40. The van der Waals surface area contributed by atoms with Crippen LogP contribution in [0.15, 0.2) is 36.4 Å². The molecule has 0 saturated carbocycles. The molecule has 2 aromatic rings. The highest BCUT2D eigenvalue weighted by Gasteiger charge is 2.19. The van der Waals surface area contributed by atoms with Crippen LogP contribution in [0.1, 0.15) is 15.9 Å². The third-order valence-electron chi connectivity index (χ3n) is 2.39. The van der Waals surface area contributed by atoms with Crippen molar-refractivity contribution in [1.29, 1.82) is 0 Å². The molecule has 0 aliphatic rings. The van der Waals surface area contributed by atoms with E-state index in [1.54, 1.807) is 12.1 Å². The molecular weight excluding hydrogens is 356 g/mol. The standard InChI is InChI=1S/C13H6F3IO/c14-10-6-5-9(11(15)12(10)16)13(18)7-1-3-8(17)4-2-7/h1-6H. The van der Waals surface area contributed by atoms with Gasteiger partial charge >= 0.3 is 0 Å². The lowest BCUT2D eigenvalue weighted by atomic mass is 10.0. The Balaban J connectivity index is 2.46. The van der Waals surface area contributed by atoms with Crippen molar-refractivity contribution < 1.29 is 18.0 Å². The second-order valence-electron chi connectivity index (χ2n) is 3.56. The molecular formula is C13H6F3IO. The van der Waals surface area contributed by atoms with Crippen LogP contribution >= 0.6 is 22.6 Å². The van der Waals surface area contributed by atoms with E-state index in [2.05, 4.69) is 22.6 Å². The summed E-state index contributed by atoms with van der Waals surface area (Å²) in [5.41, 5.74) is -0.254. The highest BCUT2D eigenvalue weighted by Crippen LogP contribution is 2.19. The van der Waals surface area contributed by atoms with E-state index in [-0.39, 0.29) is 5.56 Å². The molecule has 92 valence electrons. The van der Waals surface area contributed by atoms with E-state index in [4.69, 9.17) is 0 Å². The quantitative estimate of drug-likeness (QED) is 0.450. The monoisotopic (exact) mass is 362 g/mol. The van der Waals surface area contributed by atoms with Gasteiger partial charge in [-0.15, -0.1) is 0 Å². The summed E-state index contributed by atoms with van der Waals surface area (Å²) < 4.78 is 40.1. The molecule has 2 aromatic carbocycles. The summed E-state index contributed by atoms with van der Waals surface area (Å²) in [6.07, 6.45) is 0. The Morgan fingerprint density at radius 1 is 0.889 bits per heavy atom. The Bertz CT molecular complexity index is 608. The number of ketones is 1. The topological polar surface area (TPSA) is 17.1 Å². The SMILES string of the molecule is O=C(c1ccc(I)cc1)c1ccc(F)c(F)c1F. The Hall–Kier alpha value is -1.37. The maximum absolute atomic E-state index is 13.4. The van der Waals surface area contributed by atoms with Gasteiger partial charge in [-0.3, -0.25) is 4.79 Å². The molecule has 0 unspecified atom stereocenters. The fourth-order valence-corrected chi connectivity index (χ4v) is 1.82. The second-order valence-corrected chi connectivity index (χ2v) is 4.80. The van der Waals surface area contributed by atoms with Gasteiger partial charge in [0.25, 0.3) is 0 Å². The van der Waals surface area contributed by atoms with E-state index in [1.807, 2.05) is 0 Å². The summed E-state index contributed by atoms with van der Waals surface area (Å²) in [6, 6.07) is 8.03. The van der Waals surface area contributed by atoms with Crippen LogP contribution in [-0.2, 0) is 0 Å². The number of rotatable bonds is 2. The van der Waals surface area contributed by atoms with Crippen molar-refractivity contribution >= 4 is 28.4 Å². The molecule has 0 fully saturated rings. The lowest BCUT2D eigenvalue weighted by Gasteiger charge is -2.04. The Labute approximate surface area is 115 Å². The lowest BCUT2D eigenvalue weighted by Crippen LogP contribution is -2.07. The number of carbonyl (C=O) groups excluding carboxylic acids is 1. The van der Waals surface area contributed by atoms with Crippen LogP contribution in [0, 0.1) is 21.0 Å². The minimum Gasteiger partial charge on any atom is -0.288 e. The summed E-state index contributed by atoms with van der Waals surface area (Å²) in [5, 5.41) is 0. The van der Waals surface area contributed by atoms with Gasteiger partial charge in [-0.1, -0.05) is 0 Å². The fourth-order valence-electron chi connectivity index (χ4n) is 1.46. The molecule has 0 radical (unpaired) electrons. The van der Waals surface area contributed by atoms with Crippen LogP contribution in [0.5, 0.6) is 0 Å². The van der Waals surface area contributed by atoms with Crippen LogP contribution in [0.4, 0.5) is 13.2 Å². The first-order chi connectivity index (χ1) is 8.50. The minimum atomic E-state index is -1.63. The van der Waals surface area contributed by atoms with Gasteiger partial charge in [0.05, 0.1) is 5.56 Å². The van der Waals surface area contributed by atoms with Gasteiger partial charge in [0.2, 0.25) is 0 Å². The number of hydrogen-bond acceptors (Lipinski definition) is 1. The summed E-state index contributed by atoms with van der Waals surface area (Å²) in [5.74, 6) is -5.08. The van der Waals surface area contributed by atoms with E-state index >= 15 is 0 Å². The number of hydrogen-bond donors (Lipinski definition) is 0. The van der Waals surface area contributed by atoms with E-state index in [0.29, 0.717) is 0 Å². The lowest BCUT2D eigenvalue weighted by molar-refractivity contribution is 0.103. The number of benzene rings is 2. The average molecular weight is 362 g/mol. The smallest absolute Gasteiger partial charge is 0.196 e. The predicted molar refractivity (Wildman–Crippen MR) is 68.9 cm³/mol. The van der Waals surface area contributed by atoms with E-state index < -0.39 is 28.8 Å². The summed E-state index contributed by atoms with van der Waals surface area (Å²) in [6.45, 7) is 0. The highest BCUT2D eigenvalue weighted by atomic mass is 127. The molecule has 0 heterocycles. The zero-order valence-corrected chi connectivity index (χ0v) is 11.0. The van der Waals surface area contributed by atoms with Gasteiger partial charge in [0.15, 0.2) is 23.2 Å². The van der Waals surface area contributed by atoms with E-state index in [0.717, 1.165) is 15.7 Å². The number of carbonyl (C=O) groups is 1. The first-order valence-corrected chi connectivity index (χ1v) is 6.02. The maximum atomic E-state index is 13.4. The minimum absolute atomic E-state index is 0.223. The fraction of sp³-hybridized carbons (Fsp3) is 0. The molecule has 0 aliphatic carbocycles. The second kappa shape index (κ2) is 5.09. The summed E-state index contributed by atoms with van der Waals surface area (Å²) in [7, 11) is 0. The molecule has 0 aliphatic heterocycles. The zero-order valence-electron chi connectivity index (χ0n) is 8.88. The Morgan fingerprint density at radius 2 is 1.50 bits per heavy atom. The first kappa shape index (κ1) is 13.1. The molecule has 0 bridgehead atoms. The molecule has 0 N–H and O–H groups in total. The van der Waals surface area contributed by atoms with Crippen LogP contribution in [0.3, 0.4) is 0 Å².